The van der Waals surface area contributed by atoms with Crippen molar-refractivity contribution >= 4 is 5.91 Å². The number of carbonyl (C=O) groups is 1. The molecule has 3 rings (SSSR count). The molecule has 1 amide bonds. The summed E-state index contributed by atoms with van der Waals surface area (Å²) in [4.78, 5) is 16.5. The maximum absolute atomic E-state index is 12.4. The highest BCUT2D eigenvalue weighted by Gasteiger charge is 2.16. The fourth-order valence-electron chi connectivity index (χ4n) is 2.58. The van der Waals surface area contributed by atoms with Crippen LogP contribution in [0.3, 0.4) is 0 Å². The van der Waals surface area contributed by atoms with Gasteiger partial charge in [-0.25, -0.2) is 0 Å². The Kier molecular flexibility index (Phi) is 4.42. The van der Waals surface area contributed by atoms with Crippen molar-refractivity contribution in [3.8, 4) is 11.1 Å². The molecule has 5 nitrogen and oxygen atoms in total. The molecule has 0 saturated carbocycles. The molecule has 0 fully saturated rings. The van der Waals surface area contributed by atoms with Crippen LogP contribution in [0.4, 0.5) is 0 Å². The Labute approximate surface area is 141 Å². The molecule has 1 N–H and O–H groups in total. The number of pyridine rings is 1. The molecule has 1 aromatic carbocycles. The van der Waals surface area contributed by atoms with Crippen LogP contribution >= 0.6 is 0 Å². The molecule has 5 heteroatoms. The lowest BCUT2D eigenvalue weighted by atomic mass is 10.0. The molecule has 122 valence electrons. The van der Waals surface area contributed by atoms with E-state index in [1.807, 2.05) is 63.5 Å². The average Bonchev–Trinajstić information content (AvgIpc) is 2.95. The Morgan fingerprint density at radius 2 is 1.88 bits per heavy atom. The summed E-state index contributed by atoms with van der Waals surface area (Å²) in [6.45, 7) is 3.86. The molecule has 0 aliphatic heterocycles. The van der Waals surface area contributed by atoms with Crippen molar-refractivity contribution in [3.05, 3.63) is 71.8 Å². The number of nitrogens with one attached hydrogen (secondary N) is 1. The number of hydrogen-bond donors (Lipinski definition) is 1. The molecule has 0 unspecified atom stereocenters. The summed E-state index contributed by atoms with van der Waals surface area (Å²) in [6, 6.07) is 12.0. The Morgan fingerprint density at radius 1 is 1.12 bits per heavy atom. The largest absolute Gasteiger partial charge is 0.345 e. The van der Waals surface area contributed by atoms with Crippen LogP contribution in [0.5, 0.6) is 0 Å². The summed E-state index contributed by atoms with van der Waals surface area (Å²) in [7, 11) is 1.83. The highest BCUT2D eigenvalue weighted by Crippen LogP contribution is 2.21. The average molecular weight is 320 g/mol. The first-order valence-electron chi connectivity index (χ1n) is 7.86. The van der Waals surface area contributed by atoms with Gasteiger partial charge in [-0.1, -0.05) is 30.3 Å². The smallest absolute Gasteiger partial charge is 0.255 e. The molecule has 0 aliphatic rings. The standard InChI is InChI=1S/C19H20N4O/c1-13(22-19(24)18-12-21-23(3)14(18)2)15-6-8-16(9-7-15)17-5-4-10-20-11-17/h4-13H,1-3H3,(H,22,24)/t13-/m0/s1. The van der Waals surface area contributed by atoms with Gasteiger partial charge in [-0.2, -0.15) is 5.10 Å². The number of hydrogen-bond acceptors (Lipinski definition) is 3. The van der Waals surface area contributed by atoms with Gasteiger partial charge in [0.15, 0.2) is 0 Å². The Hall–Kier alpha value is -2.95. The minimum Gasteiger partial charge on any atom is -0.345 e. The molecular weight excluding hydrogens is 300 g/mol. The van der Waals surface area contributed by atoms with Crippen molar-refractivity contribution < 1.29 is 4.79 Å². The first-order chi connectivity index (χ1) is 11.6. The Balaban J connectivity index is 1.72. The zero-order chi connectivity index (χ0) is 17.1. The molecule has 24 heavy (non-hydrogen) atoms. The van der Waals surface area contributed by atoms with Gasteiger partial charge < -0.3 is 5.32 Å². The van der Waals surface area contributed by atoms with Crippen molar-refractivity contribution in [1.29, 1.82) is 0 Å². The molecule has 0 saturated heterocycles. The maximum atomic E-state index is 12.4. The van der Waals surface area contributed by atoms with Gasteiger partial charge in [0, 0.05) is 25.1 Å². The van der Waals surface area contributed by atoms with Crippen LogP contribution < -0.4 is 5.32 Å². The highest BCUT2D eigenvalue weighted by molar-refractivity contribution is 5.95. The second-order valence-electron chi connectivity index (χ2n) is 5.83. The maximum Gasteiger partial charge on any atom is 0.255 e. The Morgan fingerprint density at radius 3 is 2.46 bits per heavy atom. The molecule has 2 heterocycles. The quantitative estimate of drug-likeness (QED) is 0.802. The summed E-state index contributed by atoms with van der Waals surface area (Å²) in [6.07, 6.45) is 5.20. The summed E-state index contributed by atoms with van der Waals surface area (Å²) in [5, 5.41) is 7.13. The molecule has 0 spiro atoms. The van der Waals surface area contributed by atoms with Crippen LogP contribution in [0.1, 0.15) is 34.6 Å². The summed E-state index contributed by atoms with van der Waals surface area (Å²) >= 11 is 0. The normalized spacial score (nSPS) is 12.0. The van der Waals surface area contributed by atoms with Crippen LogP contribution in [0.2, 0.25) is 0 Å². The molecule has 0 radical (unpaired) electrons. The number of carbonyl (C=O) groups excluding carboxylic acids is 1. The van der Waals surface area contributed by atoms with Crippen molar-refractivity contribution in [2.24, 2.45) is 7.05 Å². The van der Waals surface area contributed by atoms with E-state index >= 15 is 0 Å². The van der Waals surface area contributed by atoms with Gasteiger partial charge in [-0.3, -0.25) is 14.5 Å². The first kappa shape index (κ1) is 15.9. The van der Waals surface area contributed by atoms with E-state index in [2.05, 4.69) is 15.4 Å². The second kappa shape index (κ2) is 6.66. The number of aryl methyl sites for hydroxylation is 1. The van der Waals surface area contributed by atoms with Crippen molar-refractivity contribution in [2.75, 3.05) is 0 Å². The Bertz CT molecular complexity index is 838. The fourth-order valence-corrected chi connectivity index (χ4v) is 2.58. The predicted octanol–water partition coefficient (Wildman–Crippen LogP) is 3.28. The lowest BCUT2D eigenvalue weighted by Gasteiger charge is -2.15. The first-order valence-corrected chi connectivity index (χ1v) is 7.86. The van der Waals surface area contributed by atoms with Crippen molar-refractivity contribution in [1.82, 2.24) is 20.1 Å². The topological polar surface area (TPSA) is 59.8 Å². The fraction of sp³-hybridized carbons (Fsp3) is 0.211. The van der Waals surface area contributed by atoms with Gasteiger partial charge in [0.25, 0.3) is 5.91 Å². The zero-order valence-electron chi connectivity index (χ0n) is 14.0. The minimum atomic E-state index is -0.107. The number of nitrogens with zero attached hydrogens (tertiary/aromatic N) is 3. The third kappa shape index (κ3) is 3.20. The number of benzene rings is 1. The molecule has 2 aromatic heterocycles. The third-order valence-electron chi connectivity index (χ3n) is 4.23. The third-order valence-corrected chi connectivity index (χ3v) is 4.23. The number of amides is 1. The van der Waals surface area contributed by atoms with Gasteiger partial charge in [-0.15, -0.1) is 0 Å². The van der Waals surface area contributed by atoms with Gasteiger partial charge in [-0.05, 0) is 36.6 Å². The molecule has 0 aliphatic carbocycles. The van der Waals surface area contributed by atoms with Crippen molar-refractivity contribution in [2.45, 2.75) is 19.9 Å². The van der Waals surface area contributed by atoms with E-state index in [9.17, 15) is 4.79 Å². The molecule has 0 bridgehead atoms. The van der Waals surface area contributed by atoms with Crippen LogP contribution in [-0.4, -0.2) is 20.7 Å². The van der Waals surface area contributed by atoms with Gasteiger partial charge >= 0.3 is 0 Å². The SMILES string of the molecule is Cc1c(C(=O)N[C@@H](C)c2ccc(-c3cccnc3)cc2)cnn1C. The van der Waals surface area contributed by atoms with E-state index in [0.717, 1.165) is 22.4 Å². The van der Waals surface area contributed by atoms with E-state index < -0.39 is 0 Å². The van der Waals surface area contributed by atoms with Crippen LogP contribution in [0.25, 0.3) is 11.1 Å². The van der Waals surface area contributed by atoms with Crippen molar-refractivity contribution in [3.63, 3.8) is 0 Å². The lowest BCUT2D eigenvalue weighted by molar-refractivity contribution is 0.0939. The van der Waals surface area contributed by atoms with Crippen LogP contribution in [0.15, 0.2) is 55.0 Å². The van der Waals surface area contributed by atoms with Crippen LogP contribution in [0, 0.1) is 6.92 Å². The van der Waals surface area contributed by atoms with E-state index in [1.54, 1.807) is 17.1 Å². The highest BCUT2D eigenvalue weighted by atomic mass is 16.1. The van der Waals surface area contributed by atoms with Crippen LogP contribution in [-0.2, 0) is 7.05 Å². The lowest BCUT2D eigenvalue weighted by Crippen LogP contribution is -2.27. The van der Waals surface area contributed by atoms with E-state index in [4.69, 9.17) is 0 Å². The summed E-state index contributed by atoms with van der Waals surface area (Å²) in [5.41, 5.74) is 4.70. The zero-order valence-corrected chi connectivity index (χ0v) is 14.0. The minimum absolute atomic E-state index is 0.0833. The van der Waals surface area contributed by atoms with Gasteiger partial charge in [0.1, 0.15) is 0 Å². The predicted molar refractivity (Wildman–Crippen MR) is 93.5 cm³/mol. The second-order valence-corrected chi connectivity index (χ2v) is 5.83. The summed E-state index contributed by atoms with van der Waals surface area (Å²) in [5.74, 6) is -0.107. The van der Waals surface area contributed by atoms with Gasteiger partial charge in [0.05, 0.1) is 17.8 Å². The number of aromatic nitrogens is 3. The monoisotopic (exact) mass is 320 g/mol. The van der Waals surface area contributed by atoms with E-state index in [1.165, 1.54) is 0 Å². The molecular formula is C19H20N4O. The molecule has 1 atom stereocenters. The molecule has 3 aromatic rings. The summed E-state index contributed by atoms with van der Waals surface area (Å²) < 4.78 is 1.70. The van der Waals surface area contributed by atoms with Gasteiger partial charge in [0.2, 0.25) is 0 Å². The number of rotatable bonds is 4. The van der Waals surface area contributed by atoms with E-state index in [-0.39, 0.29) is 11.9 Å². The van der Waals surface area contributed by atoms with E-state index in [0.29, 0.717) is 5.56 Å².